The molecule has 204 valence electrons. The molecule has 1 aliphatic rings. The summed E-state index contributed by atoms with van der Waals surface area (Å²) in [7, 11) is -4.20. The Labute approximate surface area is 229 Å². The lowest BCUT2D eigenvalue weighted by molar-refractivity contribution is -0.141. The SMILES string of the molecule is Cc1ccccc1CN(C(=O)CN1C(=O)c2ccccc2S1(=O)=O)C(Cc1ccccc1)C(=O)NC(C)(C)C. The van der Waals surface area contributed by atoms with E-state index in [1.54, 1.807) is 6.07 Å². The molecule has 9 heteroatoms. The molecule has 1 N–H and O–H groups in total. The molecule has 4 rings (SSSR count). The van der Waals surface area contributed by atoms with E-state index in [0.29, 0.717) is 4.31 Å². The number of rotatable bonds is 8. The largest absolute Gasteiger partial charge is 0.350 e. The summed E-state index contributed by atoms with van der Waals surface area (Å²) in [5.74, 6) is -1.77. The molecule has 1 heterocycles. The van der Waals surface area contributed by atoms with Crippen LogP contribution in [-0.2, 0) is 32.6 Å². The predicted molar refractivity (Wildman–Crippen MR) is 148 cm³/mol. The van der Waals surface area contributed by atoms with Crippen LogP contribution in [0.15, 0.2) is 83.8 Å². The molecule has 8 nitrogen and oxygen atoms in total. The summed E-state index contributed by atoms with van der Waals surface area (Å²) >= 11 is 0. The van der Waals surface area contributed by atoms with Crippen LogP contribution >= 0.6 is 0 Å². The minimum absolute atomic E-state index is 0.0297. The fourth-order valence-electron chi connectivity index (χ4n) is 4.58. The molecule has 0 radical (unpaired) electrons. The van der Waals surface area contributed by atoms with E-state index < -0.39 is 40.0 Å². The second kappa shape index (κ2) is 11.0. The molecule has 39 heavy (non-hydrogen) atoms. The molecule has 0 saturated carbocycles. The average molecular weight is 548 g/mol. The van der Waals surface area contributed by atoms with Crippen LogP contribution in [0.25, 0.3) is 0 Å². The van der Waals surface area contributed by atoms with Crippen molar-refractivity contribution in [2.75, 3.05) is 6.54 Å². The third kappa shape index (κ3) is 6.20. The van der Waals surface area contributed by atoms with E-state index in [2.05, 4.69) is 5.32 Å². The summed E-state index contributed by atoms with van der Waals surface area (Å²) in [6.07, 6.45) is 0.210. The van der Waals surface area contributed by atoms with Gasteiger partial charge in [-0.3, -0.25) is 14.4 Å². The van der Waals surface area contributed by atoms with Crippen LogP contribution in [0.1, 0.15) is 47.8 Å². The number of nitrogens with zero attached hydrogens (tertiary/aromatic N) is 2. The van der Waals surface area contributed by atoms with Gasteiger partial charge in [0, 0.05) is 18.5 Å². The highest BCUT2D eigenvalue weighted by Gasteiger charge is 2.43. The van der Waals surface area contributed by atoms with Gasteiger partial charge in [-0.1, -0.05) is 66.7 Å². The topological polar surface area (TPSA) is 104 Å². The molecule has 1 unspecified atom stereocenters. The highest BCUT2D eigenvalue weighted by atomic mass is 32.2. The number of carbonyl (C=O) groups is 3. The van der Waals surface area contributed by atoms with Gasteiger partial charge in [-0.2, -0.15) is 0 Å². The van der Waals surface area contributed by atoms with Gasteiger partial charge in [0.2, 0.25) is 11.8 Å². The van der Waals surface area contributed by atoms with Gasteiger partial charge in [0.1, 0.15) is 17.5 Å². The van der Waals surface area contributed by atoms with Gasteiger partial charge in [0.25, 0.3) is 15.9 Å². The van der Waals surface area contributed by atoms with Crippen molar-refractivity contribution in [3.05, 3.63) is 101 Å². The second-order valence-corrected chi connectivity index (χ2v) is 12.5. The quantitative estimate of drug-likeness (QED) is 0.463. The van der Waals surface area contributed by atoms with Crippen molar-refractivity contribution in [3.8, 4) is 0 Å². The zero-order chi connectivity index (χ0) is 28.4. The summed E-state index contributed by atoms with van der Waals surface area (Å²) in [6, 6.07) is 21.8. The third-order valence-corrected chi connectivity index (χ3v) is 8.35. The Hall–Kier alpha value is -3.98. The van der Waals surface area contributed by atoms with E-state index in [4.69, 9.17) is 0 Å². The smallest absolute Gasteiger partial charge is 0.269 e. The van der Waals surface area contributed by atoms with Crippen molar-refractivity contribution in [1.29, 1.82) is 0 Å². The number of hydrogen-bond acceptors (Lipinski definition) is 5. The van der Waals surface area contributed by atoms with Gasteiger partial charge in [-0.15, -0.1) is 0 Å². The zero-order valence-electron chi connectivity index (χ0n) is 22.5. The number of sulfonamides is 1. The number of hydrogen-bond donors (Lipinski definition) is 1. The van der Waals surface area contributed by atoms with E-state index in [0.717, 1.165) is 16.7 Å². The Kier molecular flexibility index (Phi) is 7.92. The molecular formula is C30H33N3O5S. The third-order valence-electron chi connectivity index (χ3n) is 6.56. The number of amides is 3. The summed E-state index contributed by atoms with van der Waals surface area (Å²) in [5, 5.41) is 2.98. The highest BCUT2D eigenvalue weighted by Crippen LogP contribution is 2.30. The lowest BCUT2D eigenvalue weighted by Gasteiger charge is -2.34. The van der Waals surface area contributed by atoms with E-state index in [9.17, 15) is 22.8 Å². The summed E-state index contributed by atoms with van der Waals surface area (Å²) < 4.78 is 27.0. The Bertz CT molecular complexity index is 1500. The van der Waals surface area contributed by atoms with E-state index in [1.807, 2.05) is 82.3 Å². The van der Waals surface area contributed by atoms with Crippen LogP contribution in [0.4, 0.5) is 0 Å². The first kappa shape index (κ1) is 28.0. The van der Waals surface area contributed by atoms with Gasteiger partial charge in [-0.05, 0) is 56.5 Å². The Morgan fingerprint density at radius 3 is 2.18 bits per heavy atom. The molecule has 0 fully saturated rings. The molecule has 0 saturated heterocycles. The van der Waals surface area contributed by atoms with Crippen molar-refractivity contribution in [3.63, 3.8) is 0 Å². The number of nitrogens with one attached hydrogen (secondary N) is 1. The number of benzene rings is 3. The monoisotopic (exact) mass is 547 g/mol. The maximum atomic E-state index is 14.0. The summed E-state index contributed by atoms with van der Waals surface area (Å²) in [6.45, 7) is 6.82. The van der Waals surface area contributed by atoms with E-state index in [-0.39, 0.29) is 29.3 Å². The molecule has 0 bridgehead atoms. The molecule has 1 aliphatic heterocycles. The lowest BCUT2D eigenvalue weighted by Crippen LogP contribution is -2.56. The van der Waals surface area contributed by atoms with E-state index >= 15 is 0 Å². The Morgan fingerprint density at radius 2 is 1.54 bits per heavy atom. The van der Waals surface area contributed by atoms with Crippen molar-refractivity contribution in [1.82, 2.24) is 14.5 Å². The molecule has 3 amide bonds. The summed E-state index contributed by atoms with van der Waals surface area (Å²) in [4.78, 5) is 42.0. The molecule has 0 aliphatic carbocycles. The van der Waals surface area contributed by atoms with E-state index in [1.165, 1.54) is 23.1 Å². The highest BCUT2D eigenvalue weighted by molar-refractivity contribution is 7.90. The van der Waals surface area contributed by atoms with Gasteiger partial charge < -0.3 is 10.2 Å². The fourth-order valence-corrected chi connectivity index (χ4v) is 6.10. The second-order valence-electron chi connectivity index (χ2n) is 10.7. The van der Waals surface area contributed by atoms with Crippen molar-refractivity contribution < 1.29 is 22.8 Å². The van der Waals surface area contributed by atoms with Gasteiger partial charge in [0.15, 0.2) is 0 Å². The number of aryl methyl sites for hydroxylation is 1. The van der Waals surface area contributed by atoms with Gasteiger partial charge in [-0.25, -0.2) is 12.7 Å². The minimum atomic E-state index is -4.20. The molecule has 3 aromatic rings. The van der Waals surface area contributed by atoms with Crippen LogP contribution in [0.3, 0.4) is 0 Å². The first-order valence-electron chi connectivity index (χ1n) is 12.7. The maximum absolute atomic E-state index is 14.0. The van der Waals surface area contributed by atoms with Crippen LogP contribution in [-0.4, -0.2) is 53.5 Å². The molecule has 3 aromatic carbocycles. The van der Waals surface area contributed by atoms with Gasteiger partial charge >= 0.3 is 0 Å². The average Bonchev–Trinajstić information content (AvgIpc) is 3.07. The first-order valence-corrected chi connectivity index (χ1v) is 14.2. The number of carbonyl (C=O) groups excluding carboxylic acids is 3. The Balaban J connectivity index is 1.74. The normalized spacial score (nSPS) is 15.0. The lowest BCUT2D eigenvalue weighted by atomic mass is 10.00. The Morgan fingerprint density at radius 1 is 0.923 bits per heavy atom. The molecule has 0 aromatic heterocycles. The first-order chi connectivity index (χ1) is 18.4. The van der Waals surface area contributed by atoms with Crippen molar-refractivity contribution in [2.24, 2.45) is 0 Å². The zero-order valence-corrected chi connectivity index (χ0v) is 23.4. The fraction of sp³-hybridized carbons (Fsp3) is 0.300. The van der Waals surface area contributed by atoms with Crippen LogP contribution in [0.5, 0.6) is 0 Å². The molecule has 0 spiro atoms. The minimum Gasteiger partial charge on any atom is -0.350 e. The predicted octanol–water partition coefficient (Wildman–Crippen LogP) is 3.69. The van der Waals surface area contributed by atoms with Crippen LogP contribution < -0.4 is 5.32 Å². The maximum Gasteiger partial charge on any atom is 0.269 e. The molecule has 1 atom stereocenters. The van der Waals surface area contributed by atoms with Crippen LogP contribution in [0, 0.1) is 6.92 Å². The number of fused-ring (bicyclic) bond motifs is 1. The van der Waals surface area contributed by atoms with Gasteiger partial charge in [0.05, 0.1) is 5.56 Å². The van der Waals surface area contributed by atoms with Crippen molar-refractivity contribution >= 4 is 27.7 Å². The summed E-state index contributed by atoms with van der Waals surface area (Å²) in [5.41, 5.74) is 2.03. The van der Waals surface area contributed by atoms with Crippen molar-refractivity contribution in [2.45, 2.75) is 57.1 Å². The molecular weight excluding hydrogens is 514 g/mol. The standard InChI is InChI=1S/C30H33N3O5S/c1-21-12-8-9-15-23(21)19-32(25(28(35)31-30(2,3)4)18-22-13-6-5-7-14-22)27(34)20-33-29(36)24-16-10-11-17-26(24)39(33,37)38/h5-17,25H,18-20H2,1-4H3,(H,31,35). The van der Waals surface area contributed by atoms with Crippen LogP contribution in [0.2, 0.25) is 0 Å².